The Morgan fingerprint density at radius 2 is 1.63 bits per heavy atom. The van der Waals surface area contributed by atoms with Crippen LogP contribution < -0.4 is 10.2 Å². The largest absolute Gasteiger partial charge is 0.508 e. The summed E-state index contributed by atoms with van der Waals surface area (Å²) in [5.41, 5.74) is 6.65. The standard InChI is InChI=1S/C42H41N3O6/c1-24-12-14-28(15-13-24)43-45-39(48)34-22-33-31(17-18-32-36(33)40(49)44(38(32)47)29-10-6-3-7-11-29)37(42(34,41(45)50)27-8-4-2-5-9-27)26-20-25-21-30(46)16-19-35(25)51-23-26/h2,4-5,8-9,12-17,19,21,23,29,32-34,36-37,43,46H,3,6-7,10-11,18,20,22H2,1H3. The van der Waals surface area contributed by atoms with E-state index in [0.717, 1.165) is 54.4 Å². The van der Waals surface area contributed by atoms with Crippen molar-refractivity contribution < 1.29 is 29.0 Å². The second kappa shape index (κ2) is 12.0. The summed E-state index contributed by atoms with van der Waals surface area (Å²) in [6.07, 6.45) is 9.60. The van der Waals surface area contributed by atoms with Crippen LogP contribution in [0.2, 0.25) is 0 Å². The summed E-state index contributed by atoms with van der Waals surface area (Å²) < 4.78 is 6.22. The van der Waals surface area contributed by atoms with E-state index in [1.54, 1.807) is 29.4 Å². The van der Waals surface area contributed by atoms with Crippen LogP contribution in [0.25, 0.3) is 0 Å². The number of likely N-dealkylation sites (tertiary alicyclic amines) is 1. The number of anilines is 1. The van der Waals surface area contributed by atoms with Crippen molar-refractivity contribution in [2.24, 2.45) is 29.6 Å². The molecule has 3 aromatic rings. The number of ether oxygens (including phenoxy) is 1. The van der Waals surface area contributed by atoms with E-state index in [1.807, 2.05) is 61.5 Å². The Morgan fingerprint density at radius 1 is 0.863 bits per heavy atom. The molecule has 51 heavy (non-hydrogen) atoms. The van der Waals surface area contributed by atoms with Gasteiger partial charge in [0.2, 0.25) is 11.8 Å². The number of imide groups is 2. The van der Waals surface area contributed by atoms with Crippen LogP contribution in [0.4, 0.5) is 5.69 Å². The molecule has 3 heterocycles. The van der Waals surface area contributed by atoms with Gasteiger partial charge in [-0.15, -0.1) is 0 Å². The Labute approximate surface area is 296 Å². The van der Waals surface area contributed by atoms with Crippen molar-refractivity contribution in [1.29, 1.82) is 0 Å². The molecule has 0 aromatic heterocycles. The Bertz CT molecular complexity index is 2020. The zero-order chi connectivity index (χ0) is 35.0. The van der Waals surface area contributed by atoms with E-state index < -0.39 is 35.0 Å². The molecular weight excluding hydrogens is 642 g/mol. The van der Waals surface area contributed by atoms with Crippen LogP contribution >= 0.6 is 0 Å². The number of aromatic hydroxyl groups is 1. The van der Waals surface area contributed by atoms with E-state index in [4.69, 9.17) is 4.74 Å². The van der Waals surface area contributed by atoms with Crippen LogP contribution in [0.5, 0.6) is 11.5 Å². The highest BCUT2D eigenvalue weighted by atomic mass is 16.5. The number of benzene rings is 3. The topological polar surface area (TPSA) is 116 Å². The summed E-state index contributed by atoms with van der Waals surface area (Å²) in [5.74, 6) is -3.19. The average Bonchev–Trinajstić information content (AvgIpc) is 3.53. The smallest absolute Gasteiger partial charge is 0.260 e. The molecule has 6 atom stereocenters. The summed E-state index contributed by atoms with van der Waals surface area (Å²) in [6, 6.07) is 22.0. The van der Waals surface area contributed by atoms with Gasteiger partial charge in [0.05, 0.1) is 35.1 Å². The molecule has 9 rings (SSSR count). The number of rotatable bonds is 5. The van der Waals surface area contributed by atoms with Crippen molar-refractivity contribution in [2.45, 2.75) is 69.7 Å². The number of hydrazine groups is 1. The van der Waals surface area contributed by atoms with Crippen molar-refractivity contribution in [2.75, 3.05) is 5.43 Å². The lowest BCUT2D eigenvalue weighted by Gasteiger charge is -2.51. The van der Waals surface area contributed by atoms with Crippen LogP contribution in [-0.4, -0.2) is 44.7 Å². The van der Waals surface area contributed by atoms with Crippen molar-refractivity contribution in [3.63, 3.8) is 0 Å². The summed E-state index contributed by atoms with van der Waals surface area (Å²) in [4.78, 5) is 60.4. The molecule has 2 N–H and O–H groups in total. The van der Waals surface area contributed by atoms with Gasteiger partial charge in [0.1, 0.15) is 11.5 Å². The Morgan fingerprint density at radius 3 is 2.39 bits per heavy atom. The maximum Gasteiger partial charge on any atom is 0.260 e. The van der Waals surface area contributed by atoms with Crippen molar-refractivity contribution in [3.05, 3.63) is 113 Å². The van der Waals surface area contributed by atoms with Gasteiger partial charge in [-0.3, -0.25) is 29.5 Å². The lowest BCUT2D eigenvalue weighted by molar-refractivity contribution is -0.144. The number of phenolic OH excluding ortho intramolecular Hbond substituents is 1. The number of phenols is 1. The average molecular weight is 684 g/mol. The van der Waals surface area contributed by atoms with E-state index in [9.17, 15) is 19.5 Å². The second-order valence-electron chi connectivity index (χ2n) is 15.2. The monoisotopic (exact) mass is 683 g/mol. The molecule has 6 aliphatic rings. The normalized spacial score (nSPS) is 30.2. The predicted octanol–water partition coefficient (Wildman–Crippen LogP) is 6.37. The minimum atomic E-state index is -1.36. The first-order chi connectivity index (χ1) is 24.8. The number of nitrogens with one attached hydrogen (secondary N) is 1. The number of carbonyl (C=O) groups excluding carboxylic acids is 4. The van der Waals surface area contributed by atoms with Crippen molar-refractivity contribution in [3.8, 4) is 11.5 Å². The van der Waals surface area contributed by atoms with Crippen LogP contribution in [0.3, 0.4) is 0 Å². The maximum atomic E-state index is 15.4. The van der Waals surface area contributed by atoms with E-state index in [0.29, 0.717) is 29.8 Å². The van der Waals surface area contributed by atoms with Gasteiger partial charge in [-0.05, 0) is 80.0 Å². The van der Waals surface area contributed by atoms with E-state index in [2.05, 4.69) is 11.5 Å². The van der Waals surface area contributed by atoms with E-state index in [1.165, 1.54) is 5.01 Å². The number of amides is 4. The summed E-state index contributed by atoms with van der Waals surface area (Å²) in [5, 5.41) is 11.6. The van der Waals surface area contributed by atoms with E-state index in [-0.39, 0.29) is 41.8 Å². The fourth-order valence-electron chi connectivity index (χ4n) is 10.3. The van der Waals surface area contributed by atoms with Crippen LogP contribution in [-0.2, 0) is 31.0 Å². The number of carbonyl (C=O) groups is 4. The zero-order valence-corrected chi connectivity index (χ0v) is 28.6. The predicted molar refractivity (Wildman–Crippen MR) is 189 cm³/mol. The maximum absolute atomic E-state index is 15.4. The molecule has 0 spiro atoms. The Balaban J connectivity index is 1.21. The Hall–Kier alpha value is -5.18. The van der Waals surface area contributed by atoms with Gasteiger partial charge in [-0.25, -0.2) is 0 Å². The molecule has 260 valence electrons. The van der Waals surface area contributed by atoms with Gasteiger partial charge >= 0.3 is 0 Å². The third-order valence-electron chi connectivity index (χ3n) is 12.5. The molecular formula is C42H41N3O6. The van der Waals surface area contributed by atoms with Crippen LogP contribution in [0.15, 0.2) is 96.3 Å². The molecule has 3 aliphatic heterocycles. The van der Waals surface area contributed by atoms with Crippen LogP contribution in [0.1, 0.15) is 61.6 Å². The molecule has 3 aliphatic carbocycles. The highest BCUT2D eigenvalue weighted by Gasteiger charge is 2.71. The van der Waals surface area contributed by atoms with E-state index >= 15 is 4.79 Å². The van der Waals surface area contributed by atoms with Gasteiger partial charge in [0.15, 0.2) is 0 Å². The summed E-state index contributed by atoms with van der Waals surface area (Å²) in [7, 11) is 0. The fraction of sp³-hybridized carbons (Fsp3) is 0.381. The van der Waals surface area contributed by atoms with Gasteiger partial charge in [-0.1, -0.05) is 78.9 Å². The second-order valence-corrected chi connectivity index (χ2v) is 15.2. The number of hydrogen-bond donors (Lipinski definition) is 2. The molecule has 4 amide bonds. The van der Waals surface area contributed by atoms with Crippen LogP contribution in [0, 0.1) is 36.5 Å². The first-order valence-corrected chi connectivity index (χ1v) is 18.3. The number of fused-ring (bicyclic) bond motifs is 5. The lowest BCUT2D eigenvalue weighted by Crippen LogP contribution is -2.55. The molecule has 3 aromatic carbocycles. The first-order valence-electron chi connectivity index (χ1n) is 18.3. The lowest BCUT2D eigenvalue weighted by atomic mass is 9.48. The van der Waals surface area contributed by atoms with Crippen molar-refractivity contribution >= 4 is 29.3 Å². The third kappa shape index (κ3) is 4.73. The van der Waals surface area contributed by atoms with Gasteiger partial charge in [0, 0.05) is 23.9 Å². The molecule has 0 bridgehead atoms. The Kier molecular flexibility index (Phi) is 7.45. The fourth-order valence-corrected chi connectivity index (χ4v) is 10.3. The minimum absolute atomic E-state index is 0.0851. The van der Waals surface area contributed by atoms with Gasteiger partial charge < -0.3 is 9.84 Å². The quantitative estimate of drug-likeness (QED) is 0.237. The molecule has 2 saturated heterocycles. The molecule has 4 fully saturated rings. The zero-order valence-electron chi connectivity index (χ0n) is 28.6. The highest BCUT2D eigenvalue weighted by Crippen LogP contribution is 2.63. The molecule has 0 radical (unpaired) electrons. The molecule has 2 saturated carbocycles. The van der Waals surface area contributed by atoms with Gasteiger partial charge in [-0.2, -0.15) is 5.01 Å². The number of nitrogens with zero attached hydrogens (tertiary/aromatic N) is 2. The highest BCUT2D eigenvalue weighted by molar-refractivity contribution is 6.13. The molecule has 9 nitrogen and oxygen atoms in total. The number of allylic oxidation sites excluding steroid dienone is 3. The number of aryl methyl sites for hydroxylation is 1. The number of hydrogen-bond acceptors (Lipinski definition) is 7. The summed E-state index contributed by atoms with van der Waals surface area (Å²) in [6.45, 7) is 1.98. The molecule has 9 heteroatoms. The third-order valence-corrected chi connectivity index (χ3v) is 12.5. The van der Waals surface area contributed by atoms with Gasteiger partial charge in [0.25, 0.3) is 11.8 Å². The SMILES string of the molecule is Cc1ccc(NN2C(=O)C3CC4C(=CCC5C(=O)N(C6CCCCC6)C(=O)C54)C(C4=COc5ccc(O)cc5C4)C3(c3ccccc3)C2=O)cc1. The minimum Gasteiger partial charge on any atom is -0.508 e. The molecule has 6 unspecified atom stereocenters. The van der Waals surface area contributed by atoms with Crippen molar-refractivity contribution in [1.82, 2.24) is 9.91 Å². The summed E-state index contributed by atoms with van der Waals surface area (Å²) >= 11 is 0. The first kappa shape index (κ1) is 31.8.